The first-order valence-electron chi connectivity index (χ1n) is 5.50. The largest absolute Gasteiger partial charge is 0.412 e. The predicted molar refractivity (Wildman–Crippen MR) is 87.1 cm³/mol. The second-order valence-electron chi connectivity index (χ2n) is 3.44. The van der Waals surface area contributed by atoms with Crippen LogP contribution in [0.3, 0.4) is 0 Å². The van der Waals surface area contributed by atoms with Crippen LogP contribution < -0.4 is 0 Å². The Labute approximate surface area is 234 Å². The minimum absolute atomic E-state index is 0. The molecule has 15 heteroatoms. The Hall–Kier alpha value is 1.76. The molecule has 0 spiro atoms. The van der Waals surface area contributed by atoms with Crippen molar-refractivity contribution in [2.75, 3.05) is 13.1 Å². The molecule has 0 heterocycles. The standard InChI is InChI=1S/C10H16N2O8.4Na.H2O/c1-7(13)17-11(18-8(2)14)5-6-12(19-9(3)15)20-10(4)16;;;;;/h5-6H2,1-4H3;;;;;1H2. The van der Waals surface area contributed by atoms with Crippen LogP contribution in [0.4, 0.5) is 0 Å². The van der Waals surface area contributed by atoms with E-state index in [1.165, 1.54) is 0 Å². The van der Waals surface area contributed by atoms with E-state index in [2.05, 4.69) is 19.4 Å². The molecule has 0 unspecified atom stereocenters. The summed E-state index contributed by atoms with van der Waals surface area (Å²) in [6, 6.07) is 0. The molecular weight excluding hydrogens is 384 g/mol. The summed E-state index contributed by atoms with van der Waals surface area (Å²) in [7, 11) is 0. The van der Waals surface area contributed by atoms with E-state index in [1.807, 2.05) is 0 Å². The predicted octanol–water partition coefficient (Wildman–Crippen LogP) is -2.85. The van der Waals surface area contributed by atoms with Crippen molar-refractivity contribution in [2.24, 2.45) is 0 Å². The van der Waals surface area contributed by atoms with Crippen LogP contribution in [0.1, 0.15) is 27.7 Å². The van der Waals surface area contributed by atoms with Gasteiger partial charge in [0.25, 0.3) is 0 Å². The smallest absolute Gasteiger partial charge is 0.326 e. The molecule has 0 aromatic rings. The third-order valence-corrected chi connectivity index (χ3v) is 1.39. The number of rotatable bonds is 7. The van der Waals surface area contributed by atoms with Gasteiger partial charge in [-0.3, -0.25) is 19.2 Å². The van der Waals surface area contributed by atoms with Crippen LogP contribution in [0.2, 0.25) is 0 Å². The molecule has 126 valence electrons. The fourth-order valence-corrected chi connectivity index (χ4v) is 0.957. The normalized spacial score (nSPS) is 8.08. The molecular formula is C10H18N2Na4O9. The van der Waals surface area contributed by atoms with Gasteiger partial charge in [0.1, 0.15) is 0 Å². The van der Waals surface area contributed by atoms with E-state index in [9.17, 15) is 19.2 Å². The number of carbonyl (C=O) groups is 4. The van der Waals surface area contributed by atoms with Gasteiger partial charge in [0, 0.05) is 156 Å². The molecule has 0 rings (SSSR count). The maximum absolute atomic E-state index is 10.8. The minimum Gasteiger partial charge on any atom is -0.412 e. The monoisotopic (exact) mass is 402 g/mol. The SMILES string of the molecule is CC(=O)ON(CCN(OC(C)=O)OC(C)=O)OC(C)=O.O.[Na].[Na].[Na].[Na]. The molecule has 0 aromatic carbocycles. The molecule has 0 aliphatic carbocycles. The van der Waals surface area contributed by atoms with Crippen molar-refractivity contribution in [1.82, 2.24) is 10.5 Å². The quantitative estimate of drug-likeness (QED) is 0.323. The zero-order chi connectivity index (χ0) is 15.7. The summed E-state index contributed by atoms with van der Waals surface area (Å²) in [6.45, 7) is 3.97. The van der Waals surface area contributed by atoms with Crippen molar-refractivity contribution in [3.8, 4) is 0 Å². The van der Waals surface area contributed by atoms with Crippen LogP contribution >= 0.6 is 0 Å². The van der Waals surface area contributed by atoms with Crippen LogP contribution in [-0.4, -0.2) is 171 Å². The Kier molecular flexibility index (Phi) is 39.2. The van der Waals surface area contributed by atoms with Gasteiger partial charge in [-0.05, 0) is 0 Å². The first kappa shape index (κ1) is 41.2. The Morgan fingerprint density at radius 1 is 0.560 bits per heavy atom. The van der Waals surface area contributed by atoms with Crippen molar-refractivity contribution >= 4 is 142 Å². The van der Waals surface area contributed by atoms with Gasteiger partial charge in [-0.15, -0.1) is 0 Å². The Balaban J connectivity index is -0.000000180. The summed E-state index contributed by atoms with van der Waals surface area (Å²) in [5.41, 5.74) is 0. The maximum atomic E-state index is 10.8. The molecule has 0 aliphatic rings. The van der Waals surface area contributed by atoms with E-state index in [-0.39, 0.29) is 137 Å². The van der Waals surface area contributed by atoms with E-state index in [4.69, 9.17) is 0 Å². The van der Waals surface area contributed by atoms with E-state index in [0.29, 0.717) is 10.5 Å². The third-order valence-electron chi connectivity index (χ3n) is 1.39. The molecule has 2 N–H and O–H groups in total. The van der Waals surface area contributed by atoms with Crippen molar-refractivity contribution in [3.63, 3.8) is 0 Å². The van der Waals surface area contributed by atoms with Gasteiger partial charge in [-0.1, -0.05) is 0 Å². The van der Waals surface area contributed by atoms with Crippen molar-refractivity contribution in [2.45, 2.75) is 27.7 Å². The second-order valence-corrected chi connectivity index (χ2v) is 3.44. The molecule has 0 fully saturated rings. The molecule has 0 saturated carbocycles. The molecule has 4 radical (unpaired) electrons. The molecule has 0 aliphatic heterocycles. The van der Waals surface area contributed by atoms with Crippen LogP contribution in [0.5, 0.6) is 0 Å². The minimum atomic E-state index is -0.724. The van der Waals surface area contributed by atoms with E-state index >= 15 is 0 Å². The fourth-order valence-electron chi connectivity index (χ4n) is 0.957. The van der Waals surface area contributed by atoms with Crippen LogP contribution in [-0.2, 0) is 38.5 Å². The van der Waals surface area contributed by atoms with E-state index in [1.54, 1.807) is 0 Å². The summed E-state index contributed by atoms with van der Waals surface area (Å²) >= 11 is 0. The molecule has 0 saturated heterocycles. The number of nitrogens with zero attached hydrogens (tertiary/aromatic N) is 2. The van der Waals surface area contributed by atoms with Crippen LogP contribution in [0, 0.1) is 0 Å². The van der Waals surface area contributed by atoms with Crippen molar-refractivity contribution in [3.05, 3.63) is 0 Å². The van der Waals surface area contributed by atoms with Crippen LogP contribution in [0.15, 0.2) is 0 Å². The molecule has 0 bridgehead atoms. The maximum Gasteiger partial charge on any atom is 0.326 e. The Morgan fingerprint density at radius 2 is 0.720 bits per heavy atom. The first-order chi connectivity index (χ1) is 9.20. The van der Waals surface area contributed by atoms with E-state index in [0.717, 1.165) is 27.7 Å². The van der Waals surface area contributed by atoms with Gasteiger partial charge in [-0.25, -0.2) is 0 Å². The van der Waals surface area contributed by atoms with Gasteiger partial charge < -0.3 is 24.8 Å². The van der Waals surface area contributed by atoms with Crippen molar-refractivity contribution in [1.29, 1.82) is 0 Å². The zero-order valence-corrected chi connectivity index (χ0v) is 24.1. The number of hydrogen-bond acceptors (Lipinski definition) is 10. The zero-order valence-electron chi connectivity index (χ0n) is 16.1. The molecule has 11 nitrogen and oxygen atoms in total. The number of hydroxylamine groups is 4. The average molecular weight is 402 g/mol. The summed E-state index contributed by atoms with van der Waals surface area (Å²) in [6.07, 6.45) is 0. The topological polar surface area (TPSA) is 143 Å². The molecule has 0 aromatic heterocycles. The molecule has 0 amide bonds. The first-order valence-corrected chi connectivity index (χ1v) is 5.50. The van der Waals surface area contributed by atoms with Gasteiger partial charge in [0.15, 0.2) is 0 Å². The molecule has 25 heavy (non-hydrogen) atoms. The summed E-state index contributed by atoms with van der Waals surface area (Å²) in [4.78, 5) is 61.4. The fraction of sp³-hybridized carbons (Fsp3) is 0.600. The number of hydrogen-bond donors (Lipinski definition) is 0. The third kappa shape index (κ3) is 28.1. The van der Waals surface area contributed by atoms with Gasteiger partial charge >= 0.3 is 23.9 Å². The molecule has 0 atom stereocenters. The van der Waals surface area contributed by atoms with Gasteiger partial charge in [0.05, 0.1) is 13.1 Å². The van der Waals surface area contributed by atoms with Gasteiger partial charge in [0.2, 0.25) is 0 Å². The number of carbonyl (C=O) groups excluding carboxylic acids is 4. The van der Waals surface area contributed by atoms with E-state index < -0.39 is 23.9 Å². The summed E-state index contributed by atoms with van der Waals surface area (Å²) in [5.74, 6) is -2.90. The van der Waals surface area contributed by atoms with Crippen LogP contribution in [0.25, 0.3) is 0 Å². The second kappa shape index (κ2) is 23.8. The Morgan fingerprint density at radius 3 is 0.840 bits per heavy atom. The average Bonchev–Trinajstić information content (AvgIpc) is 2.22. The summed E-state index contributed by atoms with van der Waals surface area (Å²) < 4.78 is 0. The van der Waals surface area contributed by atoms with Crippen molar-refractivity contribution < 1.29 is 44.0 Å². The van der Waals surface area contributed by atoms with Gasteiger partial charge in [-0.2, -0.15) is 0 Å². The Bertz CT molecular complexity index is 333. The summed E-state index contributed by atoms with van der Waals surface area (Å²) in [5, 5.41) is 1.15.